The van der Waals surface area contributed by atoms with Gasteiger partial charge in [-0.05, 0) is 31.5 Å². The number of benzene rings is 1. The van der Waals surface area contributed by atoms with Crippen LogP contribution in [0.1, 0.15) is 19.4 Å². The third kappa shape index (κ3) is 3.90. The molecule has 1 aromatic rings. The van der Waals surface area contributed by atoms with Crippen molar-refractivity contribution in [1.82, 2.24) is 10.2 Å². The lowest BCUT2D eigenvalue weighted by molar-refractivity contribution is -0.134. The Balaban J connectivity index is 1.93. The number of ether oxygens (including phenoxy) is 2. The van der Waals surface area contributed by atoms with Gasteiger partial charge in [0, 0.05) is 13.6 Å². The molecule has 0 aliphatic carbocycles. The Morgan fingerprint density at radius 2 is 1.95 bits per heavy atom. The van der Waals surface area contributed by atoms with E-state index in [0.717, 1.165) is 5.56 Å². The van der Waals surface area contributed by atoms with E-state index in [0.29, 0.717) is 31.3 Å². The topological polar surface area (TPSA) is 67.9 Å². The first-order valence-corrected chi connectivity index (χ1v) is 7.44. The van der Waals surface area contributed by atoms with E-state index in [2.05, 4.69) is 5.32 Å². The van der Waals surface area contributed by atoms with Gasteiger partial charge >= 0.3 is 0 Å². The van der Waals surface area contributed by atoms with Crippen LogP contribution in [0.4, 0.5) is 0 Å². The maximum atomic E-state index is 12.1. The number of hydrogen-bond acceptors (Lipinski definition) is 4. The van der Waals surface area contributed by atoms with E-state index in [4.69, 9.17) is 9.47 Å². The summed E-state index contributed by atoms with van der Waals surface area (Å²) in [7, 11) is 1.71. The van der Waals surface area contributed by atoms with Gasteiger partial charge in [-0.2, -0.15) is 0 Å². The van der Waals surface area contributed by atoms with Crippen LogP contribution >= 0.6 is 0 Å². The second-order valence-electron chi connectivity index (χ2n) is 5.30. The molecule has 0 radical (unpaired) electrons. The first-order valence-electron chi connectivity index (χ1n) is 7.44. The highest BCUT2D eigenvalue weighted by Gasteiger charge is 2.19. The van der Waals surface area contributed by atoms with Crippen molar-refractivity contribution in [1.29, 1.82) is 0 Å². The number of hydrogen-bond donors (Lipinski definition) is 1. The van der Waals surface area contributed by atoms with Crippen molar-refractivity contribution >= 4 is 11.8 Å². The molecule has 22 heavy (non-hydrogen) atoms. The molecule has 0 spiro atoms. The van der Waals surface area contributed by atoms with E-state index >= 15 is 0 Å². The molecule has 1 aromatic carbocycles. The van der Waals surface area contributed by atoms with Crippen LogP contribution < -0.4 is 14.8 Å². The Kier molecular flexibility index (Phi) is 5.25. The summed E-state index contributed by atoms with van der Waals surface area (Å²) in [6.45, 7) is 5.24. The maximum absolute atomic E-state index is 12.1. The molecule has 6 heteroatoms. The molecule has 0 saturated carbocycles. The molecule has 1 atom stereocenters. The van der Waals surface area contributed by atoms with Gasteiger partial charge in [-0.25, -0.2) is 0 Å². The fourth-order valence-electron chi connectivity index (χ4n) is 2.22. The Morgan fingerprint density at radius 1 is 1.27 bits per heavy atom. The standard InChI is InChI=1S/C16H22N2O4/c1-4-18(3)16(20)11(2)17-15(19)10-12-5-6-13-14(9-12)22-8-7-21-13/h5-6,9,11H,4,7-8,10H2,1-3H3,(H,17,19)/t11-/m0/s1. The van der Waals surface area contributed by atoms with Crippen LogP contribution in [0.3, 0.4) is 0 Å². The van der Waals surface area contributed by atoms with Crippen molar-refractivity contribution in [2.24, 2.45) is 0 Å². The van der Waals surface area contributed by atoms with E-state index < -0.39 is 6.04 Å². The van der Waals surface area contributed by atoms with Gasteiger partial charge in [0.25, 0.3) is 0 Å². The molecule has 0 saturated heterocycles. The molecular formula is C16H22N2O4. The third-order valence-electron chi connectivity index (χ3n) is 3.57. The highest BCUT2D eigenvalue weighted by Crippen LogP contribution is 2.30. The predicted octanol–water partition coefficient (Wildman–Crippen LogP) is 0.983. The van der Waals surface area contributed by atoms with Gasteiger partial charge in [-0.15, -0.1) is 0 Å². The van der Waals surface area contributed by atoms with Crippen molar-refractivity contribution in [3.63, 3.8) is 0 Å². The Hall–Kier alpha value is -2.24. The first kappa shape index (κ1) is 16.1. The number of nitrogens with one attached hydrogen (secondary N) is 1. The third-order valence-corrected chi connectivity index (χ3v) is 3.57. The van der Waals surface area contributed by atoms with Crippen LogP contribution in [0, 0.1) is 0 Å². The number of rotatable bonds is 5. The van der Waals surface area contributed by atoms with Crippen LogP contribution in [0.5, 0.6) is 11.5 Å². The minimum atomic E-state index is -0.533. The van der Waals surface area contributed by atoms with Gasteiger partial charge in [0.15, 0.2) is 11.5 Å². The summed E-state index contributed by atoms with van der Waals surface area (Å²) >= 11 is 0. The van der Waals surface area contributed by atoms with Crippen LogP contribution in [0.25, 0.3) is 0 Å². The van der Waals surface area contributed by atoms with Gasteiger partial charge in [-0.3, -0.25) is 9.59 Å². The second kappa shape index (κ2) is 7.15. The largest absolute Gasteiger partial charge is 0.486 e. The van der Waals surface area contributed by atoms with E-state index in [1.807, 2.05) is 13.0 Å². The average Bonchev–Trinajstić information content (AvgIpc) is 2.53. The summed E-state index contributed by atoms with van der Waals surface area (Å²) in [5.41, 5.74) is 0.824. The summed E-state index contributed by atoms with van der Waals surface area (Å²) in [5, 5.41) is 2.72. The van der Waals surface area contributed by atoms with Crippen molar-refractivity contribution < 1.29 is 19.1 Å². The average molecular weight is 306 g/mol. The fraction of sp³-hybridized carbons (Fsp3) is 0.500. The molecule has 0 fully saturated rings. The normalized spacial score (nSPS) is 14.1. The molecule has 1 aliphatic heterocycles. The minimum absolute atomic E-state index is 0.0991. The number of nitrogens with zero attached hydrogens (tertiary/aromatic N) is 1. The second-order valence-corrected chi connectivity index (χ2v) is 5.30. The van der Waals surface area contributed by atoms with Crippen molar-refractivity contribution in [3.05, 3.63) is 23.8 Å². The van der Waals surface area contributed by atoms with Crippen LogP contribution in [0.2, 0.25) is 0 Å². The van der Waals surface area contributed by atoms with Gasteiger partial charge in [-0.1, -0.05) is 6.07 Å². The zero-order chi connectivity index (χ0) is 16.1. The molecule has 2 amide bonds. The number of carbonyl (C=O) groups excluding carboxylic acids is 2. The molecule has 6 nitrogen and oxygen atoms in total. The van der Waals surface area contributed by atoms with Crippen molar-refractivity contribution in [2.75, 3.05) is 26.8 Å². The lowest BCUT2D eigenvalue weighted by Crippen LogP contribution is -2.45. The SMILES string of the molecule is CCN(C)C(=O)[C@H](C)NC(=O)Cc1ccc2c(c1)OCCO2. The van der Waals surface area contributed by atoms with E-state index in [1.165, 1.54) is 0 Å². The lowest BCUT2D eigenvalue weighted by atomic mass is 10.1. The molecule has 2 rings (SSSR count). The summed E-state index contributed by atoms with van der Waals surface area (Å²) in [6.07, 6.45) is 0.199. The maximum Gasteiger partial charge on any atom is 0.244 e. The lowest BCUT2D eigenvalue weighted by Gasteiger charge is -2.21. The molecule has 120 valence electrons. The molecule has 1 aliphatic rings. The predicted molar refractivity (Wildman–Crippen MR) is 82.1 cm³/mol. The zero-order valence-electron chi connectivity index (χ0n) is 13.2. The van der Waals surface area contributed by atoms with Crippen molar-refractivity contribution in [2.45, 2.75) is 26.3 Å². The Labute approximate surface area is 130 Å². The smallest absolute Gasteiger partial charge is 0.244 e. The fourth-order valence-corrected chi connectivity index (χ4v) is 2.22. The summed E-state index contributed by atoms with van der Waals surface area (Å²) in [6, 6.07) is 4.90. The first-order chi connectivity index (χ1) is 10.5. The van der Waals surface area contributed by atoms with Gasteiger partial charge in [0.1, 0.15) is 19.3 Å². The zero-order valence-corrected chi connectivity index (χ0v) is 13.2. The number of carbonyl (C=O) groups is 2. The molecule has 1 N–H and O–H groups in total. The Morgan fingerprint density at radius 3 is 2.64 bits per heavy atom. The van der Waals surface area contributed by atoms with Crippen LogP contribution in [-0.2, 0) is 16.0 Å². The quantitative estimate of drug-likeness (QED) is 0.880. The summed E-state index contributed by atoms with van der Waals surface area (Å²) in [4.78, 5) is 25.6. The molecule has 0 bridgehead atoms. The highest BCUT2D eigenvalue weighted by molar-refractivity contribution is 5.88. The molecule has 0 aromatic heterocycles. The van der Waals surface area contributed by atoms with Gasteiger partial charge in [0.2, 0.25) is 11.8 Å². The van der Waals surface area contributed by atoms with Gasteiger partial charge < -0.3 is 19.7 Å². The highest BCUT2D eigenvalue weighted by atomic mass is 16.6. The summed E-state index contributed by atoms with van der Waals surface area (Å²) < 4.78 is 10.9. The molecule has 1 heterocycles. The van der Waals surface area contributed by atoms with E-state index in [9.17, 15) is 9.59 Å². The summed E-state index contributed by atoms with van der Waals surface area (Å²) in [5.74, 6) is 1.06. The molecule has 0 unspecified atom stereocenters. The number of amides is 2. The van der Waals surface area contributed by atoms with Crippen molar-refractivity contribution in [3.8, 4) is 11.5 Å². The Bertz CT molecular complexity index is 559. The number of fused-ring (bicyclic) bond motifs is 1. The van der Waals surface area contributed by atoms with E-state index in [1.54, 1.807) is 31.0 Å². The monoisotopic (exact) mass is 306 g/mol. The van der Waals surface area contributed by atoms with Crippen LogP contribution in [-0.4, -0.2) is 49.6 Å². The van der Waals surface area contributed by atoms with Crippen LogP contribution in [0.15, 0.2) is 18.2 Å². The minimum Gasteiger partial charge on any atom is -0.486 e. The van der Waals surface area contributed by atoms with Gasteiger partial charge in [0.05, 0.1) is 6.42 Å². The molecular weight excluding hydrogens is 284 g/mol. The number of likely N-dealkylation sites (N-methyl/N-ethyl adjacent to an activating group) is 1. The van der Waals surface area contributed by atoms with E-state index in [-0.39, 0.29) is 18.2 Å².